The van der Waals surface area contributed by atoms with Gasteiger partial charge in [-0.2, -0.15) is 0 Å². The van der Waals surface area contributed by atoms with E-state index in [0.717, 1.165) is 28.8 Å². The zero-order chi connectivity index (χ0) is 24.2. The Morgan fingerprint density at radius 3 is 2.00 bits per heavy atom. The topological polar surface area (TPSA) is 52.6 Å². The molecule has 0 saturated heterocycles. The van der Waals surface area contributed by atoms with Crippen molar-refractivity contribution >= 4 is 34.4 Å². The van der Waals surface area contributed by atoms with Crippen LogP contribution < -0.4 is 9.47 Å². The standard InChI is InChI=1S/C28H29ClO4S/c1-2-3-4-5-6-7-20-32-24-14-8-21(9-15-24)27(30)33-25-16-10-22(11-17-25)28(31)34-26-18-12-23(29)13-19-26/h8-19H,2-7,20H2,1H3. The molecule has 0 aromatic heterocycles. The van der Waals surface area contributed by atoms with E-state index in [9.17, 15) is 9.59 Å². The molecule has 3 rings (SSSR count). The SMILES string of the molecule is CCCCCCCCOc1ccc(C(=O)Oc2ccc(C(=O)Sc3ccc(Cl)cc3)cc2)cc1. The summed E-state index contributed by atoms with van der Waals surface area (Å²) in [5.41, 5.74) is 0.956. The summed E-state index contributed by atoms with van der Waals surface area (Å²) in [7, 11) is 0. The van der Waals surface area contributed by atoms with Gasteiger partial charge in [-0.25, -0.2) is 4.79 Å². The van der Waals surface area contributed by atoms with Crippen molar-refractivity contribution in [2.75, 3.05) is 6.61 Å². The highest BCUT2D eigenvalue weighted by Crippen LogP contribution is 2.25. The highest BCUT2D eigenvalue weighted by atomic mass is 35.5. The zero-order valence-electron chi connectivity index (χ0n) is 19.3. The van der Waals surface area contributed by atoms with E-state index < -0.39 is 5.97 Å². The quantitative estimate of drug-likeness (QED) is 0.109. The highest BCUT2D eigenvalue weighted by Gasteiger charge is 2.12. The minimum Gasteiger partial charge on any atom is -0.494 e. The van der Waals surface area contributed by atoms with Crippen molar-refractivity contribution in [1.29, 1.82) is 0 Å². The molecule has 3 aromatic carbocycles. The van der Waals surface area contributed by atoms with Crippen LogP contribution in [0.25, 0.3) is 0 Å². The van der Waals surface area contributed by atoms with Crippen molar-refractivity contribution in [1.82, 2.24) is 0 Å². The van der Waals surface area contributed by atoms with E-state index in [1.165, 1.54) is 32.1 Å². The van der Waals surface area contributed by atoms with Gasteiger partial charge in [-0.1, -0.05) is 50.6 Å². The molecule has 0 amide bonds. The molecule has 0 aliphatic heterocycles. The molecule has 0 N–H and O–H groups in total. The maximum absolute atomic E-state index is 12.5. The van der Waals surface area contributed by atoms with Crippen LogP contribution in [0.5, 0.6) is 11.5 Å². The van der Waals surface area contributed by atoms with Gasteiger partial charge in [0.2, 0.25) is 5.12 Å². The molecule has 0 fully saturated rings. The van der Waals surface area contributed by atoms with Gasteiger partial charge in [0.1, 0.15) is 11.5 Å². The summed E-state index contributed by atoms with van der Waals surface area (Å²) in [6, 6.07) is 20.6. The molecule has 0 atom stereocenters. The van der Waals surface area contributed by atoms with Crippen molar-refractivity contribution in [3.8, 4) is 11.5 Å². The number of unbranched alkanes of at least 4 members (excludes halogenated alkanes) is 5. The minimum atomic E-state index is -0.461. The van der Waals surface area contributed by atoms with Crippen molar-refractivity contribution < 1.29 is 19.1 Å². The lowest BCUT2D eigenvalue weighted by molar-refractivity contribution is 0.0734. The Kier molecular flexibility index (Phi) is 10.5. The van der Waals surface area contributed by atoms with Crippen LogP contribution in [0.2, 0.25) is 5.02 Å². The normalized spacial score (nSPS) is 10.6. The summed E-state index contributed by atoms with van der Waals surface area (Å²) >= 11 is 6.99. The van der Waals surface area contributed by atoms with Crippen LogP contribution in [0.1, 0.15) is 66.2 Å². The van der Waals surface area contributed by atoms with Gasteiger partial charge in [0, 0.05) is 15.5 Å². The van der Waals surface area contributed by atoms with E-state index in [1.807, 2.05) is 0 Å². The number of hydrogen-bond donors (Lipinski definition) is 0. The molecule has 0 unspecified atom stereocenters. The number of hydrogen-bond acceptors (Lipinski definition) is 5. The number of esters is 1. The van der Waals surface area contributed by atoms with Crippen molar-refractivity contribution in [2.45, 2.75) is 50.3 Å². The Balaban J connectivity index is 1.44. The third kappa shape index (κ3) is 8.54. The number of carbonyl (C=O) groups excluding carboxylic acids is 2. The molecule has 0 spiro atoms. The van der Waals surface area contributed by atoms with E-state index in [4.69, 9.17) is 21.1 Å². The van der Waals surface area contributed by atoms with E-state index in [0.29, 0.717) is 28.5 Å². The molecule has 0 bridgehead atoms. The minimum absolute atomic E-state index is 0.100. The van der Waals surface area contributed by atoms with Crippen LogP contribution >= 0.6 is 23.4 Å². The number of ether oxygens (including phenoxy) is 2. The molecular weight excluding hydrogens is 468 g/mol. The van der Waals surface area contributed by atoms with Crippen molar-refractivity contribution in [3.05, 3.63) is 88.9 Å². The van der Waals surface area contributed by atoms with Gasteiger partial charge < -0.3 is 9.47 Å². The van der Waals surface area contributed by atoms with Crippen LogP contribution in [0.15, 0.2) is 77.7 Å². The lowest BCUT2D eigenvalue weighted by Gasteiger charge is -2.08. The molecule has 178 valence electrons. The van der Waals surface area contributed by atoms with Crippen LogP contribution in [-0.4, -0.2) is 17.7 Å². The molecule has 0 aliphatic carbocycles. The third-order valence-electron chi connectivity index (χ3n) is 5.18. The number of rotatable bonds is 12. The number of benzene rings is 3. The molecule has 6 heteroatoms. The lowest BCUT2D eigenvalue weighted by Crippen LogP contribution is -2.08. The second-order valence-corrected chi connectivity index (χ2v) is 9.38. The summed E-state index contributed by atoms with van der Waals surface area (Å²) in [6.07, 6.45) is 7.29. The molecule has 0 radical (unpaired) electrons. The first-order chi connectivity index (χ1) is 16.5. The smallest absolute Gasteiger partial charge is 0.343 e. The van der Waals surface area contributed by atoms with Crippen LogP contribution in [0, 0.1) is 0 Å². The fraction of sp³-hybridized carbons (Fsp3) is 0.286. The average molecular weight is 497 g/mol. The maximum Gasteiger partial charge on any atom is 0.343 e. The second-order valence-electron chi connectivity index (χ2n) is 7.90. The van der Waals surface area contributed by atoms with Gasteiger partial charge in [0.05, 0.1) is 12.2 Å². The Bertz CT molecular complexity index is 1050. The summed E-state index contributed by atoms with van der Waals surface area (Å²) < 4.78 is 11.2. The Morgan fingerprint density at radius 2 is 1.32 bits per heavy atom. The summed E-state index contributed by atoms with van der Waals surface area (Å²) in [4.78, 5) is 25.7. The third-order valence-corrected chi connectivity index (χ3v) is 6.36. The van der Waals surface area contributed by atoms with E-state index in [-0.39, 0.29) is 5.12 Å². The summed E-state index contributed by atoms with van der Waals surface area (Å²) in [5.74, 6) is 0.657. The Labute approximate surface area is 210 Å². The van der Waals surface area contributed by atoms with Gasteiger partial charge in [-0.05, 0) is 91.0 Å². The summed E-state index contributed by atoms with van der Waals surface area (Å²) in [5, 5.41) is 0.523. The van der Waals surface area contributed by atoms with Crippen LogP contribution in [0.4, 0.5) is 0 Å². The fourth-order valence-corrected chi connectivity index (χ4v) is 4.12. The second kappa shape index (κ2) is 13.8. The van der Waals surface area contributed by atoms with Gasteiger partial charge in [-0.15, -0.1) is 0 Å². The monoisotopic (exact) mass is 496 g/mol. The molecular formula is C28H29ClO4S. The Morgan fingerprint density at radius 1 is 0.735 bits per heavy atom. The molecule has 4 nitrogen and oxygen atoms in total. The van der Waals surface area contributed by atoms with Gasteiger partial charge in [0.25, 0.3) is 0 Å². The highest BCUT2D eigenvalue weighted by molar-refractivity contribution is 8.14. The van der Waals surface area contributed by atoms with Gasteiger partial charge in [-0.3, -0.25) is 4.79 Å². The van der Waals surface area contributed by atoms with Crippen LogP contribution in [-0.2, 0) is 0 Å². The number of thioether (sulfide) groups is 1. The maximum atomic E-state index is 12.5. The predicted molar refractivity (Wildman–Crippen MR) is 138 cm³/mol. The number of carbonyl (C=O) groups is 2. The van der Waals surface area contributed by atoms with Gasteiger partial charge >= 0.3 is 5.97 Å². The molecule has 0 aliphatic rings. The first kappa shape index (κ1) is 25.9. The molecule has 0 heterocycles. The molecule has 3 aromatic rings. The van der Waals surface area contributed by atoms with E-state index in [1.54, 1.807) is 72.8 Å². The zero-order valence-corrected chi connectivity index (χ0v) is 20.9. The van der Waals surface area contributed by atoms with Crippen LogP contribution in [0.3, 0.4) is 0 Å². The van der Waals surface area contributed by atoms with E-state index in [2.05, 4.69) is 6.92 Å². The van der Waals surface area contributed by atoms with Crippen molar-refractivity contribution in [3.63, 3.8) is 0 Å². The van der Waals surface area contributed by atoms with E-state index >= 15 is 0 Å². The summed E-state index contributed by atoms with van der Waals surface area (Å²) in [6.45, 7) is 2.89. The first-order valence-corrected chi connectivity index (χ1v) is 12.8. The largest absolute Gasteiger partial charge is 0.494 e. The van der Waals surface area contributed by atoms with Gasteiger partial charge in [0.15, 0.2) is 0 Å². The molecule has 0 saturated carbocycles. The lowest BCUT2D eigenvalue weighted by atomic mass is 10.1. The predicted octanol–water partition coefficient (Wildman–Crippen LogP) is 8.23. The first-order valence-electron chi connectivity index (χ1n) is 11.6. The molecule has 34 heavy (non-hydrogen) atoms. The average Bonchev–Trinajstić information content (AvgIpc) is 2.85. The number of halogens is 1. The Hall–Kier alpha value is -2.76. The van der Waals surface area contributed by atoms with Crippen molar-refractivity contribution in [2.24, 2.45) is 0 Å². The fourth-order valence-electron chi connectivity index (χ4n) is 3.25.